The van der Waals surface area contributed by atoms with Crippen molar-refractivity contribution in [2.75, 3.05) is 5.32 Å². The first kappa shape index (κ1) is 16.6. The van der Waals surface area contributed by atoms with Crippen molar-refractivity contribution in [2.24, 2.45) is 5.73 Å². The molecule has 0 saturated carbocycles. The third-order valence-corrected chi connectivity index (χ3v) is 4.17. The van der Waals surface area contributed by atoms with Crippen LogP contribution in [0.15, 0.2) is 55.0 Å². The van der Waals surface area contributed by atoms with Crippen LogP contribution in [0.5, 0.6) is 0 Å². The molecule has 0 spiro atoms. The highest BCUT2D eigenvalue weighted by Crippen LogP contribution is 2.23. The summed E-state index contributed by atoms with van der Waals surface area (Å²) >= 11 is 0. The van der Waals surface area contributed by atoms with Crippen LogP contribution in [-0.2, 0) is 6.54 Å². The number of primary amides is 1. The first-order chi connectivity index (χ1) is 13.1. The van der Waals surface area contributed by atoms with Gasteiger partial charge in [0.1, 0.15) is 17.7 Å². The molecule has 0 unspecified atom stereocenters. The minimum absolute atomic E-state index is 0.350. The van der Waals surface area contributed by atoms with E-state index in [2.05, 4.69) is 25.3 Å². The number of nitrogens with zero attached hydrogens (tertiary/aromatic N) is 5. The van der Waals surface area contributed by atoms with E-state index in [0.29, 0.717) is 40.9 Å². The van der Waals surface area contributed by atoms with Gasteiger partial charge in [-0.1, -0.05) is 30.3 Å². The van der Waals surface area contributed by atoms with Crippen molar-refractivity contribution in [2.45, 2.75) is 13.5 Å². The van der Waals surface area contributed by atoms with E-state index in [4.69, 9.17) is 5.73 Å². The Labute approximate surface area is 155 Å². The molecule has 0 saturated heterocycles. The fraction of sp³-hybridized carbons (Fsp3) is 0.105. The number of aryl methyl sites for hydroxylation is 1. The van der Waals surface area contributed by atoms with Gasteiger partial charge in [0.15, 0.2) is 5.82 Å². The van der Waals surface area contributed by atoms with E-state index in [9.17, 15) is 4.79 Å². The Morgan fingerprint density at radius 2 is 1.93 bits per heavy atom. The molecular weight excluding hydrogens is 342 g/mol. The van der Waals surface area contributed by atoms with Crippen molar-refractivity contribution in [1.29, 1.82) is 0 Å². The van der Waals surface area contributed by atoms with Crippen LogP contribution >= 0.6 is 0 Å². The minimum atomic E-state index is -0.530. The Morgan fingerprint density at radius 3 is 2.70 bits per heavy atom. The second-order valence-electron chi connectivity index (χ2n) is 6.00. The zero-order chi connectivity index (χ0) is 18.8. The van der Waals surface area contributed by atoms with E-state index in [0.717, 1.165) is 5.56 Å². The molecule has 0 aliphatic rings. The van der Waals surface area contributed by atoms with Crippen molar-refractivity contribution in [3.63, 3.8) is 0 Å². The van der Waals surface area contributed by atoms with E-state index >= 15 is 0 Å². The van der Waals surface area contributed by atoms with Crippen LogP contribution in [0.3, 0.4) is 0 Å². The molecule has 4 rings (SSSR count). The quantitative estimate of drug-likeness (QED) is 0.565. The molecule has 0 aliphatic heterocycles. The molecule has 3 N–H and O–H groups in total. The molecule has 1 aromatic carbocycles. The van der Waals surface area contributed by atoms with Gasteiger partial charge in [-0.05, 0) is 24.6 Å². The monoisotopic (exact) mass is 359 g/mol. The van der Waals surface area contributed by atoms with Gasteiger partial charge in [-0.25, -0.2) is 15.0 Å². The molecular formula is C19H17N7O. The molecule has 0 atom stereocenters. The van der Waals surface area contributed by atoms with Crippen molar-refractivity contribution in [1.82, 2.24) is 24.3 Å². The molecule has 3 heterocycles. The summed E-state index contributed by atoms with van der Waals surface area (Å²) in [6, 6.07) is 13.4. The molecule has 1 amide bonds. The zero-order valence-electron chi connectivity index (χ0n) is 14.6. The van der Waals surface area contributed by atoms with Gasteiger partial charge in [-0.15, -0.1) is 0 Å². The number of hydrogen-bond donors (Lipinski definition) is 2. The first-order valence-electron chi connectivity index (χ1n) is 8.38. The average molecular weight is 359 g/mol. The third-order valence-electron chi connectivity index (χ3n) is 4.17. The zero-order valence-corrected chi connectivity index (χ0v) is 14.6. The van der Waals surface area contributed by atoms with Crippen LogP contribution < -0.4 is 11.1 Å². The average Bonchev–Trinajstić information content (AvgIpc) is 3.03. The molecule has 0 radical (unpaired) electrons. The van der Waals surface area contributed by atoms with Crippen LogP contribution in [0.4, 0.5) is 5.95 Å². The van der Waals surface area contributed by atoms with Crippen LogP contribution in [0.1, 0.15) is 21.6 Å². The van der Waals surface area contributed by atoms with Gasteiger partial charge >= 0.3 is 0 Å². The van der Waals surface area contributed by atoms with E-state index in [1.807, 2.05) is 37.3 Å². The number of rotatable bonds is 5. The first-order valence-corrected chi connectivity index (χ1v) is 8.38. The molecule has 8 nitrogen and oxygen atoms in total. The Hall–Kier alpha value is -3.81. The van der Waals surface area contributed by atoms with Gasteiger partial charge in [-0.2, -0.15) is 4.98 Å². The number of hydrogen-bond acceptors (Lipinski definition) is 6. The molecule has 8 heteroatoms. The summed E-state index contributed by atoms with van der Waals surface area (Å²) in [6.45, 7) is 2.44. The highest BCUT2D eigenvalue weighted by Gasteiger charge is 2.18. The number of aromatic nitrogens is 5. The topological polar surface area (TPSA) is 111 Å². The van der Waals surface area contributed by atoms with Crippen LogP contribution in [0.25, 0.3) is 17.2 Å². The summed E-state index contributed by atoms with van der Waals surface area (Å²) in [5, 5.41) is 3.19. The highest BCUT2D eigenvalue weighted by atomic mass is 16.1. The van der Waals surface area contributed by atoms with Gasteiger partial charge in [0, 0.05) is 12.7 Å². The fourth-order valence-corrected chi connectivity index (χ4v) is 2.92. The number of imidazole rings is 1. The maximum atomic E-state index is 11.7. The van der Waals surface area contributed by atoms with Gasteiger partial charge in [-0.3, -0.25) is 9.20 Å². The second-order valence-corrected chi connectivity index (χ2v) is 6.00. The molecule has 3 aromatic heterocycles. The number of anilines is 1. The Balaban J connectivity index is 1.71. The number of pyridine rings is 1. The van der Waals surface area contributed by atoms with Gasteiger partial charge < -0.3 is 11.1 Å². The van der Waals surface area contributed by atoms with Crippen LogP contribution in [-0.4, -0.2) is 30.2 Å². The predicted molar refractivity (Wildman–Crippen MR) is 101 cm³/mol. The van der Waals surface area contributed by atoms with E-state index < -0.39 is 5.91 Å². The largest absolute Gasteiger partial charge is 0.365 e. The number of carbonyl (C=O) groups is 1. The number of benzene rings is 1. The van der Waals surface area contributed by atoms with Gasteiger partial charge in [0.2, 0.25) is 5.95 Å². The number of amides is 1. The lowest BCUT2D eigenvalue weighted by Crippen LogP contribution is -2.12. The number of carbonyl (C=O) groups excluding carboxylic acids is 1. The number of nitrogens with two attached hydrogens (primary N) is 1. The molecule has 0 bridgehead atoms. The standard InChI is InChI=1S/C19H17N7O/c1-12-15(26-9-5-8-14(16(20)27)18(26)24-12)17-22-11-23-19(25-17)21-10-13-6-3-2-4-7-13/h2-9,11H,10H2,1H3,(H2,20,27)(H,21,22,23,25). The maximum absolute atomic E-state index is 11.7. The van der Waals surface area contributed by atoms with Crippen molar-refractivity contribution < 1.29 is 4.79 Å². The molecule has 4 aromatic rings. The van der Waals surface area contributed by atoms with Gasteiger partial charge in [0.05, 0.1) is 11.3 Å². The SMILES string of the molecule is Cc1nc2c(C(N)=O)cccn2c1-c1ncnc(NCc2ccccc2)n1. The van der Waals surface area contributed by atoms with E-state index in [-0.39, 0.29) is 0 Å². The Bertz CT molecular complexity index is 1120. The predicted octanol–water partition coefficient (Wildman–Crippen LogP) is 2.21. The Kier molecular flexibility index (Phi) is 4.21. The van der Waals surface area contributed by atoms with Gasteiger partial charge in [0.25, 0.3) is 5.91 Å². The lowest BCUT2D eigenvalue weighted by Gasteiger charge is -2.07. The summed E-state index contributed by atoms with van der Waals surface area (Å²) in [6.07, 6.45) is 3.25. The summed E-state index contributed by atoms with van der Waals surface area (Å²) in [7, 11) is 0. The lowest BCUT2D eigenvalue weighted by molar-refractivity contribution is 0.100. The van der Waals surface area contributed by atoms with Crippen molar-refractivity contribution in [3.05, 3.63) is 71.8 Å². The molecule has 27 heavy (non-hydrogen) atoms. The van der Waals surface area contributed by atoms with Crippen LogP contribution in [0.2, 0.25) is 0 Å². The molecule has 0 aliphatic carbocycles. The summed E-state index contributed by atoms with van der Waals surface area (Å²) in [5.41, 5.74) is 8.80. The summed E-state index contributed by atoms with van der Waals surface area (Å²) < 4.78 is 1.77. The maximum Gasteiger partial charge on any atom is 0.252 e. The number of nitrogens with one attached hydrogen (secondary N) is 1. The summed E-state index contributed by atoms with van der Waals surface area (Å²) in [4.78, 5) is 29.1. The Morgan fingerprint density at radius 1 is 1.11 bits per heavy atom. The third kappa shape index (κ3) is 3.20. The van der Waals surface area contributed by atoms with E-state index in [1.54, 1.807) is 22.7 Å². The number of fused-ring (bicyclic) bond motifs is 1. The summed E-state index contributed by atoms with van der Waals surface area (Å²) in [5.74, 6) is 0.398. The van der Waals surface area contributed by atoms with Crippen LogP contribution in [0, 0.1) is 6.92 Å². The molecule has 134 valence electrons. The normalized spacial score (nSPS) is 10.9. The highest BCUT2D eigenvalue weighted by molar-refractivity contribution is 5.99. The van der Waals surface area contributed by atoms with E-state index in [1.165, 1.54) is 6.33 Å². The fourth-order valence-electron chi connectivity index (χ4n) is 2.92. The minimum Gasteiger partial charge on any atom is -0.365 e. The molecule has 0 fully saturated rings. The van der Waals surface area contributed by atoms with Crippen molar-refractivity contribution in [3.8, 4) is 11.5 Å². The van der Waals surface area contributed by atoms with Crippen molar-refractivity contribution >= 4 is 17.5 Å². The lowest BCUT2D eigenvalue weighted by atomic mass is 10.2. The smallest absolute Gasteiger partial charge is 0.252 e. The second kappa shape index (κ2) is 6.83.